The van der Waals surface area contributed by atoms with Gasteiger partial charge in [-0.3, -0.25) is 0 Å². The highest BCUT2D eigenvalue weighted by molar-refractivity contribution is 6.31. The first-order valence-corrected chi connectivity index (χ1v) is 6.78. The van der Waals surface area contributed by atoms with Crippen molar-refractivity contribution < 1.29 is 8.78 Å². The SMILES string of the molecule is Cc1ccc(CC(N)Cc2ccc(F)c(F)c2)c(Cl)c1. The molecule has 2 aromatic rings. The van der Waals surface area contributed by atoms with E-state index in [0.717, 1.165) is 17.2 Å². The Labute approximate surface area is 122 Å². The molecular weight excluding hydrogens is 280 g/mol. The Morgan fingerprint density at radius 2 is 1.80 bits per heavy atom. The van der Waals surface area contributed by atoms with Crippen LogP contribution < -0.4 is 5.73 Å². The van der Waals surface area contributed by atoms with Gasteiger partial charge in [-0.1, -0.05) is 29.8 Å². The third-order valence-electron chi connectivity index (χ3n) is 3.17. The zero-order chi connectivity index (χ0) is 14.7. The molecule has 0 heterocycles. The highest BCUT2D eigenvalue weighted by Crippen LogP contribution is 2.20. The topological polar surface area (TPSA) is 26.0 Å². The summed E-state index contributed by atoms with van der Waals surface area (Å²) >= 11 is 6.16. The summed E-state index contributed by atoms with van der Waals surface area (Å²) in [6.45, 7) is 1.97. The first-order chi connectivity index (χ1) is 9.45. The van der Waals surface area contributed by atoms with Gasteiger partial charge in [-0.15, -0.1) is 0 Å². The summed E-state index contributed by atoms with van der Waals surface area (Å²) in [4.78, 5) is 0. The Morgan fingerprint density at radius 1 is 1.05 bits per heavy atom. The number of halogens is 3. The van der Waals surface area contributed by atoms with Crippen molar-refractivity contribution in [3.8, 4) is 0 Å². The van der Waals surface area contributed by atoms with Crippen molar-refractivity contribution in [3.63, 3.8) is 0 Å². The van der Waals surface area contributed by atoms with Crippen LogP contribution in [0.15, 0.2) is 36.4 Å². The normalized spacial score (nSPS) is 12.4. The van der Waals surface area contributed by atoms with Crippen LogP contribution in [-0.4, -0.2) is 6.04 Å². The maximum Gasteiger partial charge on any atom is 0.159 e. The Balaban J connectivity index is 2.04. The van der Waals surface area contributed by atoms with Crippen molar-refractivity contribution in [1.82, 2.24) is 0 Å². The van der Waals surface area contributed by atoms with Crippen molar-refractivity contribution in [2.45, 2.75) is 25.8 Å². The summed E-state index contributed by atoms with van der Waals surface area (Å²) in [6.07, 6.45) is 1.07. The molecule has 2 aromatic carbocycles. The average molecular weight is 296 g/mol. The monoisotopic (exact) mass is 295 g/mol. The van der Waals surface area contributed by atoms with Crippen LogP contribution in [0.25, 0.3) is 0 Å². The molecule has 0 spiro atoms. The van der Waals surface area contributed by atoms with Gasteiger partial charge in [-0.25, -0.2) is 8.78 Å². The molecule has 0 bridgehead atoms. The Morgan fingerprint density at radius 3 is 2.45 bits per heavy atom. The molecule has 0 amide bonds. The van der Waals surface area contributed by atoms with E-state index in [1.165, 1.54) is 6.07 Å². The fourth-order valence-electron chi connectivity index (χ4n) is 2.14. The highest BCUT2D eigenvalue weighted by atomic mass is 35.5. The van der Waals surface area contributed by atoms with E-state index in [1.54, 1.807) is 6.07 Å². The molecule has 1 unspecified atom stereocenters. The van der Waals surface area contributed by atoms with Gasteiger partial charge in [0.25, 0.3) is 0 Å². The van der Waals surface area contributed by atoms with Crippen LogP contribution in [0.4, 0.5) is 8.78 Å². The molecule has 0 saturated heterocycles. The molecule has 0 aliphatic carbocycles. The van der Waals surface area contributed by atoms with Gasteiger partial charge in [-0.2, -0.15) is 0 Å². The molecule has 0 aliphatic rings. The lowest BCUT2D eigenvalue weighted by Crippen LogP contribution is -2.25. The standard InChI is InChI=1S/C16H16ClF2N/c1-10-2-4-12(14(17)6-10)9-13(20)7-11-3-5-15(18)16(19)8-11/h2-6,8,13H,7,9,20H2,1H3. The number of benzene rings is 2. The van der Waals surface area contributed by atoms with Crippen molar-refractivity contribution in [3.05, 3.63) is 69.7 Å². The van der Waals surface area contributed by atoms with Gasteiger partial charge in [0.05, 0.1) is 0 Å². The maximum absolute atomic E-state index is 13.1. The molecule has 2 rings (SSSR count). The van der Waals surface area contributed by atoms with Gasteiger partial charge in [0.2, 0.25) is 0 Å². The van der Waals surface area contributed by atoms with Gasteiger partial charge in [0.1, 0.15) is 0 Å². The lowest BCUT2D eigenvalue weighted by molar-refractivity contribution is 0.506. The predicted molar refractivity (Wildman–Crippen MR) is 77.9 cm³/mol. The second-order valence-corrected chi connectivity index (χ2v) is 5.42. The first kappa shape index (κ1) is 14.9. The summed E-state index contributed by atoms with van der Waals surface area (Å²) in [7, 11) is 0. The molecule has 4 heteroatoms. The van der Waals surface area contributed by atoms with Crippen LogP contribution in [0.3, 0.4) is 0 Å². The van der Waals surface area contributed by atoms with E-state index < -0.39 is 11.6 Å². The van der Waals surface area contributed by atoms with E-state index in [1.807, 2.05) is 25.1 Å². The van der Waals surface area contributed by atoms with Crippen LogP contribution in [0.1, 0.15) is 16.7 Å². The molecule has 1 nitrogen and oxygen atoms in total. The molecular formula is C16H16ClF2N. The van der Waals surface area contributed by atoms with Gasteiger partial charge in [0, 0.05) is 11.1 Å². The zero-order valence-corrected chi connectivity index (χ0v) is 11.9. The molecule has 0 aromatic heterocycles. The average Bonchev–Trinajstić information content (AvgIpc) is 2.37. The van der Waals surface area contributed by atoms with E-state index in [4.69, 9.17) is 17.3 Å². The number of rotatable bonds is 4. The van der Waals surface area contributed by atoms with Gasteiger partial charge >= 0.3 is 0 Å². The minimum Gasteiger partial charge on any atom is -0.327 e. The second-order valence-electron chi connectivity index (χ2n) is 5.01. The minimum absolute atomic E-state index is 0.194. The number of hydrogen-bond donors (Lipinski definition) is 1. The molecule has 0 fully saturated rings. The minimum atomic E-state index is -0.844. The van der Waals surface area contributed by atoms with E-state index in [9.17, 15) is 8.78 Å². The van der Waals surface area contributed by atoms with E-state index in [2.05, 4.69) is 0 Å². The van der Waals surface area contributed by atoms with Gasteiger partial charge in [-0.05, 0) is 54.7 Å². The molecule has 0 radical (unpaired) electrons. The molecule has 1 atom stereocenters. The Bertz CT molecular complexity index is 613. The third kappa shape index (κ3) is 3.78. The molecule has 0 saturated carbocycles. The number of nitrogens with two attached hydrogens (primary N) is 1. The smallest absolute Gasteiger partial charge is 0.159 e. The summed E-state index contributed by atoms with van der Waals surface area (Å²) in [6, 6.07) is 9.48. The number of aryl methyl sites for hydroxylation is 1. The van der Waals surface area contributed by atoms with E-state index in [-0.39, 0.29) is 6.04 Å². The molecule has 20 heavy (non-hydrogen) atoms. The van der Waals surface area contributed by atoms with E-state index in [0.29, 0.717) is 23.4 Å². The predicted octanol–water partition coefficient (Wildman–Crippen LogP) is 4.04. The fraction of sp³-hybridized carbons (Fsp3) is 0.250. The van der Waals surface area contributed by atoms with Crippen molar-refractivity contribution in [2.24, 2.45) is 5.73 Å². The lowest BCUT2D eigenvalue weighted by atomic mass is 9.99. The first-order valence-electron chi connectivity index (χ1n) is 6.40. The van der Waals surface area contributed by atoms with Crippen LogP contribution >= 0.6 is 11.6 Å². The van der Waals surface area contributed by atoms with Crippen LogP contribution in [0, 0.1) is 18.6 Å². The Hall–Kier alpha value is -1.45. The van der Waals surface area contributed by atoms with Crippen LogP contribution in [0.5, 0.6) is 0 Å². The third-order valence-corrected chi connectivity index (χ3v) is 3.52. The quantitative estimate of drug-likeness (QED) is 0.905. The fourth-order valence-corrected chi connectivity index (χ4v) is 2.45. The van der Waals surface area contributed by atoms with Gasteiger partial charge < -0.3 is 5.73 Å². The van der Waals surface area contributed by atoms with Crippen molar-refractivity contribution in [1.29, 1.82) is 0 Å². The van der Waals surface area contributed by atoms with Crippen molar-refractivity contribution >= 4 is 11.6 Å². The Kier molecular flexibility index (Phi) is 4.73. The zero-order valence-electron chi connectivity index (χ0n) is 11.2. The largest absolute Gasteiger partial charge is 0.327 e. The lowest BCUT2D eigenvalue weighted by Gasteiger charge is -2.13. The summed E-state index contributed by atoms with van der Waals surface area (Å²) < 4.78 is 26.0. The van der Waals surface area contributed by atoms with Crippen LogP contribution in [0.2, 0.25) is 5.02 Å². The maximum atomic E-state index is 13.1. The van der Waals surface area contributed by atoms with Crippen molar-refractivity contribution in [2.75, 3.05) is 0 Å². The number of hydrogen-bond acceptors (Lipinski definition) is 1. The van der Waals surface area contributed by atoms with Gasteiger partial charge in [0.15, 0.2) is 11.6 Å². The van der Waals surface area contributed by atoms with E-state index >= 15 is 0 Å². The second kappa shape index (κ2) is 6.33. The molecule has 0 aliphatic heterocycles. The molecule has 106 valence electrons. The summed E-state index contributed by atoms with van der Waals surface area (Å²) in [5.41, 5.74) is 8.79. The summed E-state index contributed by atoms with van der Waals surface area (Å²) in [5.74, 6) is -1.69. The summed E-state index contributed by atoms with van der Waals surface area (Å²) in [5, 5.41) is 0.686. The molecule has 2 N–H and O–H groups in total. The highest BCUT2D eigenvalue weighted by Gasteiger charge is 2.10. The van der Waals surface area contributed by atoms with Crippen LogP contribution in [-0.2, 0) is 12.8 Å².